The molecule has 1 saturated heterocycles. The molecule has 0 spiro atoms. The Bertz CT molecular complexity index is 346. The van der Waals surface area contributed by atoms with Gasteiger partial charge in [0.2, 0.25) is 0 Å². The second-order valence-corrected chi connectivity index (χ2v) is 3.73. The SMILES string of the molecule is Fc1cc(Cl)cnc1N1CCC(F)C1. The number of anilines is 1. The molecule has 1 aromatic rings. The lowest BCUT2D eigenvalue weighted by atomic mass is 10.3. The fraction of sp³-hybridized carbons (Fsp3) is 0.444. The normalized spacial score (nSPS) is 21.6. The average molecular weight is 219 g/mol. The van der Waals surface area contributed by atoms with E-state index in [-0.39, 0.29) is 17.4 Å². The van der Waals surface area contributed by atoms with Crippen LogP contribution in [0.5, 0.6) is 0 Å². The van der Waals surface area contributed by atoms with Crippen molar-refractivity contribution in [1.82, 2.24) is 4.98 Å². The molecule has 14 heavy (non-hydrogen) atoms. The summed E-state index contributed by atoms with van der Waals surface area (Å²) in [6, 6.07) is 1.19. The average Bonchev–Trinajstić information content (AvgIpc) is 2.51. The van der Waals surface area contributed by atoms with Gasteiger partial charge >= 0.3 is 0 Å². The zero-order chi connectivity index (χ0) is 10.1. The van der Waals surface area contributed by atoms with Gasteiger partial charge < -0.3 is 4.90 Å². The minimum Gasteiger partial charge on any atom is -0.351 e. The van der Waals surface area contributed by atoms with Gasteiger partial charge in [-0.1, -0.05) is 11.6 Å². The monoisotopic (exact) mass is 218 g/mol. The first-order valence-electron chi connectivity index (χ1n) is 4.37. The van der Waals surface area contributed by atoms with E-state index in [4.69, 9.17) is 11.6 Å². The Labute approximate surface area is 85.5 Å². The van der Waals surface area contributed by atoms with Crippen molar-refractivity contribution >= 4 is 17.4 Å². The second kappa shape index (κ2) is 3.69. The summed E-state index contributed by atoms with van der Waals surface area (Å²) < 4.78 is 26.2. The molecule has 1 atom stereocenters. The number of nitrogens with zero attached hydrogens (tertiary/aromatic N) is 2. The van der Waals surface area contributed by atoms with E-state index < -0.39 is 12.0 Å². The van der Waals surface area contributed by atoms with E-state index in [1.54, 1.807) is 4.90 Å². The highest BCUT2D eigenvalue weighted by molar-refractivity contribution is 6.30. The first-order chi connectivity index (χ1) is 6.66. The molecule has 0 N–H and O–H groups in total. The minimum atomic E-state index is -0.883. The van der Waals surface area contributed by atoms with E-state index in [9.17, 15) is 8.78 Å². The smallest absolute Gasteiger partial charge is 0.167 e. The summed E-state index contributed by atoms with van der Waals surface area (Å²) in [5, 5.41) is 0.252. The fourth-order valence-electron chi connectivity index (χ4n) is 1.55. The number of hydrogen-bond donors (Lipinski definition) is 0. The Morgan fingerprint density at radius 3 is 2.93 bits per heavy atom. The van der Waals surface area contributed by atoms with E-state index in [2.05, 4.69) is 4.98 Å². The van der Waals surface area contributed by atoms with Gasteiger partial charge in [-0.3, -0.25) is 0 Å². The summed E-state index contributed by atoms with van der Waals surface area (Å²) in [5.74, 6) is -0.304. The highest BCUT2D eigenvalue weighted by atomic mass is 35.5. The first-order valence-corrected chi connectivity index (χ1v) is 4.74. The van der Waals surface area contributed by atoms with E-state index in [0.29, 0.717) is 13.0 Å². The van der Waals surface area contributed by atoms with Gasteiger partial charge in [0.15, 0.2) is 11.6 Å². The molecular weight excluding hydrogens is 210 g/mol. The highest BCUT2D eigenvalue weighted by Crippen LogP contribution is 2.24. The van der Waals surface area contributed by atoms with Crippen LogP contribution in [0.25, 0.3) is 0 Å². The van der Waals surface area contributed by atoms with Crippen LogP contribution >= 0.6 is 11.6 Å². The molecule has 76 valence electrons. The van der Waals surface area contributed by atoms with Crippen LogP contribution in [0.3, 0.4) is 0 Å². The quantitative estimate of drug-likeness (QED) is 0.720. The van der Waals surface area contributed by atoms with E-state index in [1.165, 1.54) is 12.3 Å². The third-order valence-electron chi connectivity index (χ3n) is 2.22. The summed E-state index contributed by atoms with van der Waals surface area (Å²) in [5.41, 5.74) is 0. The van der Waals surface area contributed by atoms with E-state index >= 15 is 0 Å². The number of rotatable bonds is 1. The molecule has 0 aromatic carbocycles. The van der Waals surface area contributed by atoms with Gasteiger partial charge in [-0.25, -0.2) is 13.8 Å². The van der Waals surface area contributed by atoms with Crippen LogP contribution in [0.2, 0.25) is 5.02 Å². The van der Waals surface area contributed by atoms with Gasteiger partial charge in [-0.15, -0.1) is 0 Å². The highest BCUT2D eigenvalue weighted by Gasteiger charge is 2.24. The van der Waals surface area contributed by atoms with Crippen LogP contribution in [0.1, 0.15) is 6.42 Å². The summed E-state index contributed by atoms with van der Waals surface area (Å²) in [6.07, 6.45) is 0.918. The molecule has 1 aliphatic heterocycles. The first kappa shape index (κ1) is 9.65. The van der Waals surface area contributed by atoms with E-state index in [0.717, 1.165) is 0 Å². The lowest BCUT2D eigenvalue weighted by Gasteiger charge is -2.16. The fourth-order valence-corrected chi connectivity index (χ4v) is 1.69. The molecule has 0 saturated carbocycles. The summed E-state index contributed by atoms with van der Waals surface area (Å²) in [7, 11) is 0. The molecule has 1 fully saturated rings. The van der Waals surface area contributed by atoms with Crippen LogP contribution in [0, 0.1) is 5.82 Å². The number of aromatic nitrogens is 1. The van der Waals surface area contributed by atoms with Crippen molar-refractivity contribution in [3.8, 4) is 0 Å². The van der Waals surface area contributed by atoms with Crippen LogP contribution < -0.4 is 4.90 Å². The Balaban J connectivity index is 2.24. The summed E-state index contributed by atoms with van der Waals surface area (Å²) >= 11 is 5.56. The molecule has 1 aromatic heterocycles. The van der Waals surface area contributed by atoms with Crippen LogP contribution in [-0.4, -0.2) is 24.2 Å². The van der Waals surface area contributed by atoms with Gasteiger partial charge in [0.05, 0.1) is 11.6 Å². The lowest BCUT2D eigenvalue weighted by molar-refractivity contribution is 0.364. The Morgan fingerprint density at radius 2 is 2.36 bits per heavy atom. The van der Waals surface area contributed by atoms with Gasteiger partial charge in [-0.05, 0) is 12.5 Å². The molecule has 2 nitrogen and oxygen atoms in total. The maximum Gasteiger partial charge on any atom is 0.167 e. The molecule has 1 aliphatic rings. The molecule has 0 aliphatic carbocycles. The second-order valence-electron chi connectivity index (χ2n) is 3.29. The standard InChI is InChI=1S/C9H9ClF2N2/c10-6-3-8(12)9(13-4-6)14-2-1-7(11)5-14/h3-4,7H,1-2,5H2. The van der Waals surface area contributed by atoms with Crippen molar-refractivity contribution in [1.29, 1.82) is 0 Å². The molecule has 5 heteroatoms. The third-order valence-corrected chi connectivity index (χ3v) is 2.43. The molecule has 0 bridgehead atoms. The van der Waals surface area contributed by atoms with E-state index in [1.807, 2.05) is 0 Å². The maximum atomic E-state index is 13.3. The van der Waals surface area contributed by atoms with Gasteiger partial charge in [-0.2, -0.15) is 0 Å². The molecular formula is C9H9ClF2N2. The summed E-state index contributed by atoms with van der Waals surface area (Å²) in [6.45, 7) is 0.721. The van der Waals surface area contributed by atoms with Gasteiger partial charge in [0.25, 0.3) is 0 Å². The zero-order valence-corrected chi connectivity index (χ0v) is 8.14. The molecule has 0 amide bonds. The largest absolute Gasteiger partial charge is 0.351 e. The number of alkyl halides is 1. The number of pyridine rings is 1. The predicted molar refractivity (Wildman–Crippen MR) is 50.9 cm³/mol. The number of hydrogen-bond acceptors (Lipinski definition) is 2. The predicted octanol–water partition coefficient (Wildman–Crippen LogP) is 2.42. The molecule has 2 rings (SSSR count). The van der Waals surface area contributed by atoms with Crippen molar-refractivity contribution in [2.75, 3.05) is 18.0 Å². The Morgan fingerprint density at radius 1 is 1.57 bits per heavy atom. The Hall–Kier alpha value is -0.900. The van der Waals surface area contributed by atoms with Crippen LogP contribution in [0.15, 0.2) is 12.3 Å². The molecule has 1 unspecified atom stereocenters. The number of halogens is 3. The maximum absolute atomic E-state index is 13.3. The van der Waals surface area contributed by atoms with Crippen molar-refractivity contribution in [2.24, 2.45) is 0 Å². The van der Waals surface area contributed by atoms with Crippen LogP contribution in [-0.2, 0) is 0 Å². The lowest BCUT2D eigenvalue weighted by Crippen LogP contribution is -2.22. The van der Waals surface area contributed by atoms with Crippen molar-refractivity contribution in [3.63, 3.8) is 0 Å². The topological polar surface area (TPSA) is 16.1 Å². The van der Waals surface area contributed by atoms with Gasteiger partial charge in [0, 0.05) is 12.7 Å². The van der Waals surface area contributed by atoms with Crippen molar-refractivity contribution < 1.29 is 8.78 Å². The van der Waals surface area contributed by atoms with Crippen molar-refractivity contribution in [3.05, 3.63) is 23.1 Å². The van der Waals surface area contributed by atoms with Crippen molar-refractivity contribution in [2.45, 2.75) is 12.6 Å². The molecule has 0 radical (unpaired) electrons. The third kappa shape index (κ3) is 1.80. The summed E-state index contributed by atoms with van der Waals surface area (Å²) in [4.78, 5) is 5.44. The zero-order valence-electron chi connectivity index (χ0n) is 7.38. The molecule has 2 heterocycles. The Kier molecular flexibility index (Phi) is 2.54. The van der Waals surface area contributed by atoms with Gasteiger partial charge in [0.1, 0.15) is 6.17 Å². The minimum absolute atomic E-state index is 0.189. The van der Waals surface area contributed by atoms with Crippen LogP contribution in [0.4, 0.5) is 14.6 Å².